The zero-order valence-corrected chi connectivity index (χ0v) is 11.5. The predicted octanol–water partition coefficient (Wildman–Crippen LogP) is 3.70. The van der Waals surface area contributed by atoms with Gasteiger partial charge in [0.05, 0.1) is 0 Å². The van der Waals surface area contributed by atoms with Gasteiger partial charge < -0.3 is 9.73 Å². The number of benzene rings is 2. The molecule has 0 bridgehead atoms. The lowest BCUT2D eigenvalue weighted by atomic mass is 10.1. The number of nitrogens with zero attached hydrogens (tertiary/aromatic N) is 2. The molecule has 6 heteroatoms. The molecule has 1 N–H and O–H groups in total. The molecule has 0 aliphatic heterocycles. The Bertz CT molecular complexity index is 771. The number of aromatic nitrogens is 2. The zero-order valence-electron chi connectivity index (χ0n) is 10.8. The van der Waals surface area contributed by atoms with Gasteiger partial charge in [0.25, 0.3) is 5.89 Å². The molecule has 0 saturated carbocycles. The molecule has 3 aromatic rings. The molecule has 1 aromatic heterocycles. The number of ketones is 1. The fourth-order valence-electron chi connectivity index (χ4n) is 1.76. The average Bonchev–Trinajstić information content (AvgIpc) is 2.96. The molecule has 0 spiro atoms. The Hall–Kier alpha value is -2.66. The summed E-state index contributed by atoms with van der Waals surface area (Å²) in [6.45, 7) is 0. The van der Waals surface area contributed by atoms with E-state index in [2.05, 4.69) is 15.5 Å². The number of anilines is 2. The quantitative estimate of drug-likeness (QED) is 0.744. The summed E-state index contributed by atoms with van der Waals surface area (Å²) in [7, 11) is 0. The first-order valence-electron chi connectivity index (χ1n) is 6.18. The van der Waals surface area contributed by atoms with Crippen LogP contribution >= 0.6 is 11.6 Å². The van der Waals surface area contributed by atoms with Crippen LogP contribution in [0.4, 0.5) is 11.7 Å². The maximum Gasteiger partial charge on any atom is 0.320 e. The monoisotopic (exact) mass is 299 g/mol. The number of para-hydroxylation sites is 1. The molecule has 0 amide bonds. The molecule has 104 valence electrons. The van der Waals surface area contributed by atoms with Gasteiger partial charge in [0.15, 0.2) is 0 Å². The van der Waals surface area contributed by atoms with Crippen LogP contribution in [0.5, 0.6) is 0 Å². The summed E-state index contributed by atoms with van der Waals surface area (Å²) in [5.74, 6) is -0.457. The van der Waals surface area contributed by atoms with E-state index in [1.165, 1.54) is 0 Å². The van der Waals surface area contributed by atoms with Crippen molar-refractivity contribution in [3.63, 3.8) is 0 Å². The van der Waals surface area contributed by atoms with Gasteiger partial charge in [-0.05, 0) is 24.3 Å². The fraction of sp³-hybridized carbons (Fsp3) is 0. The van der Waals surface area contributed by atoms with Crippen LogP contribution in [0.3, 0.4) is 0 Å². The third-order valence-electron chi connectivity index (χ3n) is 2.73. The zero-order chi connectivity index (χ0) is 14.7. The van der Waals surface area contributed by atoms with Crippen LogP contribution in [0.1, 0.15) is 16.2 Å². The van der Waals surface area contributed by atoms with Gasteiger partial charge in [0.1, 0.15) is 0 Å². The van der Waals surface area contributed by atoms with E-state index in [0.29, 0.717) is 10.6 Å². The van der Waals surface area contributed by atoms with Crippen molar-refractivity contribution in [2.75, 3.05) is 5.32 Å². The Morgan fingerprint density at radius 2 is 1.86 bits per heavy atom. The molecule has 0 aliphatic carbocycles. The number of halogens is 1. The maximum atomic E-state index is 12.2. The van der Waals surface area contributed by atoms with E-state index in [0.717, 1.165) is 5.69 Å². The number of nitrogens with one attached hydrogen (secondary N) is 1. The van der Waals surface area contributed by atoms with E-state index in [1.54, 1.807) is 24.3 Å². The first kappa shape index (κ1) is 13.3. The summed E-state index contributed by atoms with van der Waals surface area (Å²) in [5.41, 5.74) is 1.19. The number of carbonyl (C=O) groups excluding carboxylic acids is 1. The van der Waals surface area contributed by atoms with Crippen molar-refractivity contribution in [1.82, 2.24) is 10.2 Å². The number of carbonyl (C=O) groups is 1. The number of hydrogen-bond donors (Lipinski definition) is 1. The molecule has 1 heterocycles. The second-order valence-corrected chi connectivity index (χ2v) is 4.68. The van der Waals surface area contributed by atoms with E-state index >= 15 is 0 Å². The van der Waals surface area contributed by atoms with E-state index in [9.17, 15) is 4.79 Å². The minimum Gasteiger partial charge on any atom is -0.400 e. The van der Waals surface area contributed by atoms with Crippen LogP contribution in [0.15, 0.2) is 59.0 Å². The highest BCUT2D eigenvalue weighted by Gasteiger charge is 2.17. The lowest BCUT2D eigenvalue weighted by Crippen LogP contribution is -2.01. The molecule has 2 aromatic carbocycles. The minimum absolute atomic E-state index is 0.0873. The number of hydrogen-bond acceptors (Lipinski definition) is 5. The summed E-state index contributed by atoms with van der Waals surface area (Å²) >= 11 is 5.86. The second kappa shape index (κ2) is 5.76. The topological polar surface area (TPSA) is 68.0 Å². The molecule has 0 aliphatic rings. The molecular weight excluding hydrogens is 290 g/mol. The van der Waals surface area contributed by atoms with Gasteiger partial charge in [-0.3, -0.25) is 4.79 Å². The van der Waals surface area contributed by atoms with Gasteiger partial charge in [-0.15, -0.1) is 5.10 Å². The van der Waals surface area contributed by atoms with Crippen molar-refractivity contribution in [1.29, 1.82) is 0 Å². The Morgan fingerprint density at radius 3 is 2.62 bits per heavy atom. The third-order valence-corrected chi connectivity index (χ3v) is 2.97. The van der Waals surface area contributed by atoms with Crippen LogP contribution in [0.25, 0.3) is 0 Å². The second-order valence-electron chi connectivity index (χ2n) is 4.24. The molecule has 3 rings (SSSR count). The third kappa shape index (κ3) is 3.09. The van der Waals surface area contributed by atoms with E-state index in [1.807, 2.05) is 30.3 Å². The van der Waals surface area contributed by atoms with Crippen molar-refractivity contribution in [2.45, 2.75) is 0 Å². The van der Waals surface area contributed by atoms with Gasteiger partial charge >= 0.3 is 6.01 Å². The Balaban J connectivity index is 1.80. The molecule has 0 unspecified atom stereocenters. The van der Waals surface area contributed by atoms with Gasteiger partial charge in [-0.25, -0.2) is 0 Å². The van der Waals surface area contributed by atoms with Crippen LogP contribution in [-0.4, -0.2) is 16.0 Å². The molecule has 0 radical (unpaired) electrons. The van der Waals surface area contributed by atoms with Gasteiger partial charge in [0, 0.05) is 16.3 Å². The first-order valence-corrected chi connectivity index (χ1v) is 6.56. The van der Waals surface area contributed by atoms with Crippen molar-refractivity contribution in [3.8, 4) is 0 Å². The Kier molecular flexibility index (Phi) is 3.66. The normalized spacial score (nSPS) is 10.3. The highest BCUT2D eigenvalue weighted by molar-refractivity contribution is 6.31. The predicted molar refractivity (Wildman–Crippen MR) is 78.9 cm³/mol. The average molecular weight is 300 g/mol. The van der Waals surface area contributed by atoms with Crippen LogP contribution in [-0.2, 0) is 0 Å². The SMILES string of the molecule is O=C(c1cccc(Cl)c1)c1nnc(Nc2ccccc2)o1. The lowest BCUT2D eigenvalue weighted by molar-refractivity contribution is 0.100. The Labute approximate surface area is 125 Å². The first-order chi connectivity index (χ1) is 10.2. The highest BCUT2D eigenvalue weighted by Crippen LogP contribution is 2.18. The van der Waals surface area contributed by atoms with Crippen LogP contribution in [0, 0.1) is 0 Å². The fourth-order valence-corrected chi connectivity index (χ4v) is 1.95. The summed E-state index contributed by atoms with van der Waals surface area (Å²) in [5, 5.41) is 10.9. The largest absolute Gasteiger partial charge is 0.400 e. The standard InChI is InChI=1S/C15H10ClN3O2/c16-11-6-4-5-10(9-11)13(20)14-18-19-15(21-14)17-12-7-2-1-3-8-12/h1-9H,(H,17,19). The maximum absolute atomic E-state index is 12.2. The minimum atomic E-state index is -0.369. The lowest BCUT2D eigenvalue weighted by Gasteiger charge is -1.99. The van der Waals surface area contributed by atoms with Crippen molar-refractivity contribution in [3.05, 3.63) is 71.1 Å². The molecule has 0 fully saturated rings. The van der Waals surface area contributed by atoms with E-state index in [4.69, 9.17) is 16.0 Å². The van der Waals surface area contributed by atoms with Gasteiger partial charge in [-0.1, -0.05) is 47.0 Å². The van der Waals surface area contributed by atoms with Crippen molar-refractivity contribution in [2.24, 2.45) is 0 Å². The molecule has 21 heavy (non-hydrogen) atoms. The summed E-state index contributed by atoms with van der Waals surface area (Å²) in [6.07, 6.45) is 0. The van der Waals surface area contributed by atoms with E-state index in [-0.39, 0.29) is 17.7 Å². The summed E-state index contributed by atoms with van der Waals surface area (Å²) in [6, 6.07) is 16.1. The van der Waals surface area contributed by atoms with E-state index < -0.39 is 0 Å². The molecule has 0 saturated heterocycles. The Morgan fingerprint density at radius 1 is 1.05 bits per heavy atom. The highest BCUT2D eigenvalue weighted by atomic mass is 35.5. The van der Waals surface area contributed by atoms with Crippen LogP contribution < -0.4 is 5.32 Å². The number of rotatable bonds is 4. The summed E-state index contributed by atoms with van der Waals surface area (Å²) in [4.78, 5) is 12.2. The van der Waals surface area contributed by atoms with Crippen molar-refractivity contribution < 1.29 is 9.21 Å². The molecular formula is C15H10ClN3O2. The van der Waals surface area contributed by atoms with Crippen molar-refractivity contribution >= 4 is 29.1 Å². The molecule has 5 nitrogen and oxygen atoms in total. The molecule has 0 atom stereocenters. The van der Waals surface area contributed by atoms with Crippen LogP contribution in [0.2, 0.25) is 5.02 Å². The van der Waals surface area contributed by atoms with Gasteiger partial charge in [-0.2, -0.15) is 0 Å². The summed E-state index contributed by atoms with van der Waals surface area (Å²) < 4.78 is 5.32. The van der Waals surface area contributed by atoms with Gasteiger partial charge in [0.2, 0.25) is 5.78 Å². The smallest absolute Gasteiger partial charge is 0.320 e.